The number of ether oxygens (including phenoxy) is 1. The zero-order chi connectivity index (χ0) is 19.0. The maximum Gasteiger partial charge on any atom is 0.332 e. The Kier molecular flexibility index (Phi) is 5.31. The summed E-state index contributed by atoms with van der Waals surface area (Å²) in [5, 5.41) is 9.25. The van der Waals surface area contributed by atoms with Crippen LogP contribution in [0.2, 0.25) is 0 Å². The van der Waals surface area contributed by atoms with Crippen LogP contribution in [0.1, 0.15) is 26.1 Å². The summed E-state index contributed by atoms with van der Waals surface area (Å²) in [7, 11) is 3.10. The highest BCUT2D eigenvalue weighted by atomic mass is 16.5. The van der Waals surface area contributed by atoms with Crippen LogP contribution in [-0.4, -0.2) is 55.7 Å². The second kappa shape index (κ2) is 7.34. The van der Waals surface area contributed by atoms with E-state index < -0.39 is 0 Å². The molecule has 1 aliphatic rings. The molecule has 0 bridgehead atoms. The van der Waals surface area contributed by atoms with E-state index in [1.165, 1.54) is 16.5 Å². The van der Waals surface area contributed by atoms with Crippen LogP contribution >= 0.6 is 0 Å². The number of nitrogens with zero attached hydrogens (tertiary/aromatic N) is 4. The number of fused-ring (bicyclic) bond motifs is 1. The van der Waals surface area contributed by atoms with Gasteiger partial charge in [0.2, 0.25) is 0 Å². The van der Waals surface area contributed by atoms with Gasteiger partial charge < -0.3 is 19.3 Å². The second-order valence-corrected chi connectivity index (χ2v) is 7.23. The number of aliphatic hydroxyl groups is 1. The van der Waals surface area contributed by atoms with Crippen LogP contribution < -0.4 is 16.1 Å². The third-order valence-electron chi connectivity index (χ3n) is 4.99. The molecule has 1 saturated heterocycles. The molecule has 0 unspecified atom stereocenters. The quantitative estimate of drug-likeness (QED) is 0.639. The predicted molar refractivity (Wildman–Crippen MR) is 96.3 cm³/mol. The monoisotopic (exact) mass is 366 g/mol. The number of aliphatic hydroxyl groups excluding tert-OH is 1. The minimum Gasteiger partial charge on any atom is -0.396 e. The second-order valence-electron chi connectivity index (χ2n) is 7.23. The number of imidazole rings is 1. The Balaban J connectivity index is 2.09. The molecule has 0 amide bonds. The lowest BCUT2D eigenvalue weighted by Gasteiger charge is -2.32. The third-order valence-corrected chi connectivity index (χ3v) is 4.99. The first-order valence-electron chi connectivity index (χ1n) is 9.08. The summed E-state index contributed by atoms with van der Waals surface area (Å²) in [4.78, 5) is 30.9. The van der Waals surface area contributed by atoms with E-state index in [1.807, 2.05) is 4.57 Å². The Labute approximate surface area is 151 Å². The SMILES string of the molecule is C[C@H]1C[NH+](Cc2nc3c(c(=O)n(C)c(=O)n3C)n2CCCO)C[C@H](C)O1. The van der Waals surface area contributed by atoms with Crippen molar-refractivity contribution in [2.24, 2.45) is 14.1 Å². The fraction of sp³-hybridized carbons (Fsp3) is 0.706. The first-order chi connectivity index (χ1) is 12.3. The van der Waals surface area contributed by atoms with E-state index in [0.717, 1.165) is 23.5 Å². The molecule has 9 nitrogen and oxygen atoms in total. The van der Waals surface area contributed by atoms with Crippen molar-refractivity contribution in [2.75, 3.05) is 19.7 Å². The van der Waals surface area contributed by atoms with Crippen LogP contribution in [0.25, 0.3) is 11.2 Å². The summed E-state index contributed by atoms with van der Waals surface area (Å²) in [6, 6.07) is 0. The molecule has 9 heteroatoms. The smallest absolute Gasteiger partial charge is 0.332 e. The number of morpholine rings is 1. The van der Waals surface area contributed by atoms with Crippen molar-refractivity contribution in [1.29, 1.82) is 0 Å². The molecular weight excluding hydrogens is 338 g/mol. The summed E-state index contributed by atoms with van der Waals surface area (Å²) in [5.74, 6) is 0.767. The molecule has 2 N–H and O–H groups in total. The molecule has 144 valence electrons. The molecule has 0 saturated carbocycles. The highest BCUT2D eigenvalue weighted by molar-refractivity contribution is 5.71. The standard InChI is InChI=1S/C17H27N5O4/c1-11-8-21(9-12(2)26-11)10-13-18-15-14(22(13)6-5-7-23)16(24)20(4)17(25)19(15)3/h11-12,23H,5-10H2,1-4H3/p+1/t11-,12-/m0/s1. The van der Waals surface area contributed by atoms with Gasteiger partial charge in [-0.3, -0.25) is 13.9 Å². The number of hydrogen-bond acceptors (Lipinski definition) is 5. The Hall–Kier alpha value is -1.97. The normalized spacial score (nSPS) is 23.7. The molecule has 3 heterocycles. The number of aromatic nitrogens is 4. The van der Waals surface area contributed by atoms with Crippen LogP contribution in [0.3, 0.4) is 0 Å². The minimum atomic E-state index is -0.387. The number of hydrogen-bond donors (Lipinski definition) is 2. The van der Waals surface area contributed by atoms with Gasteiger partial charge in [-0.05, 0) is 20.3 Å². The summed E-state index contributed by atoms with van der Waals surface area (Å²) in [6.45, 7) is 7.02. The van der Waals surface area contributed by atoms with Crippen molar-refractivity contribution >= 4 is 11.2 Å². The van der Waals surface area contributed by atoms with Crippen molar-refractivity contribution in [3.8, 4) is 0 Å². The van der Waals surface area contributed by atoms with E-state index in [2.05, 4.69) is 18.8 Å². The minimum absolute atomic E-state index is 0.0314. The Morgan fingerprint density at radius 2 is 1.85 bits per heavy atom. The van der Waals surface area contributed by atoms with Crippen LogP contribution in [0.4, 0.5) is 0 Å². The lowest BCUT2D eigenvalue weighted by atomic mass is 10.2. The Bertz CT molecular complexity index is 902. The maximum absolute atomic E-state index is 12.7. The molecule has 0 spiro atoms. The van der Waals surface area contributed by atoms with Gasteiger partial charge in [0.1, 0.15) is 31.8 Å². The van der Waals surface area contributed by atoms with E-state index in [0.29, 0.717) is 30.7 Å². The molecular formula is C17H28N5O4+. The molecule has 1 aliphatic heterocycles. The molecule has 26 heavy (non-hydrogen) atoms. The Morgan fingerprint density at radius 3 is 2.46 bits per heavy atom. The van der Waals surface area contributed by atoms with Gasteiger partial charge in [0.25, 0.3) is 5.56 Å². The topological polar surface area (TPSA) is 95.7 Å². The van der Waals surface area contributed by atoms with Gasteiger partial charge in [-0.1, -0.05) is 0 Å². The lowest BCUT2D eigenvalue weighted by molar-refractivity contribution is -0.929. The number of rotatable bonds is 5. The molecule has 1 fully saturated rings. The van der Waals surface area contributed by atoms with Gasteiger partial charge >= 0.3 is 5.69 Å². The number of quaternary nitrogens is 1. The van der Waals surface area contributed by atoms with Crippen LogP contribution in [0.15, 0.2) is 9.59 Å². The van der Waals surface area contributed by atoms with E-state index in [4.69, 9.17) is 4.74 Å². The van der Waals surface area contributed by atoms with Gasteiger partial charge in [0.15, 0.2) is 17.0 Å². The first-order valence-corrected chi connectivity index (χ1v) is 9.08. The molecule has 2 aromatic heterocycles. The zero-order valence-electron chi connectivity index (χ0n) is 15.9. The first kappa shape index (κ1) is 18.8. The van der Waals surface area contributed by atoms with Crippen molar-refractivity contribution in [2.45, 2.75) is 45.6 Å². The summed E-state index contributed by atoms with van der Waals surface area (Å²) in [6.07, 6.45) is 0.859. The van der Waals surface area contributed by atoms with Gasteiger partial charge in [-0.25, -0.2) is 9.78 Å². The van der Waals surface area contributed by atoms with Crippen molar-refractivity contribution in [3.05, 3.63) is 26.7 Å². The van der Waals surface area contributed by atoms with Gasteiger partial charge in [-0.15, -0.1) is 0 Å². The highest BCUT2D eigenvalue weighted by Gasteiger charge is 2.28. The molecule has 0 aromatic carbocycles. The van der Waals surface area contributed by atoms with Crippen LogP contribution in [0.5, 0.6) is 0 Å². The predicted octanol–water partition coefficient (Wildman–Crippen LogP) is -1.99. The average Bonchev–Trinajstić information content (AvgIpc) is 2.93. The van der Waals surface area contributed by atoms with Gasteiger partial charge in [0.05, 0.1) is 0 Å². The fourth-order valence-electron chi connectivity index (χ4n) is 3.85. The maximum atomic E-state index is 12.7. The van der Waals surface area contributed by atoms with Crippen LogP contribution in [-0.2, 0) is 31.9 Å². The molecule has 0 aliphatic carbocycles. The third kappa shape index (κ3) is 3.34. The largest absolute Gasteiger partial charge is 0.396 e. The lowest BCUT2D eigenvalue weighted by Crippen LogP contribution is -3.14. The average molecular weight is 366 g/mol. The summed E-state index contributed by atoms with van der Waals surface area (Å²) in [5.41, 5.74) is 0.0897. The van der Waals surface area contributed by atoms with Gasteiger partial charge in [-0.2, -0.15) is 0 Å². The van der Waals surface area contributed by atoms with Crippen molar-refractivity contribution in [1.82, 2.24) is 18.7 Å². The van der Waals surface area contributed by atoms with Crippen LogP contribution in [0, 0.1) is 0 Å². The van der Waals surface area contributed by atoms with E-state index in [9.17, 15) is 14.7 Å². The summed E-state index contributed by atoms with van der Waals surface area (Å²) >= 11 is 0. The van der Waals surface area contributed by atoms with E-state index in [1.54, 1.807) is 7.05 Å². The number of nitrogens with one attached hydrogen (secondary N) is 1. The van der Waals surface area contributed by atoms with E-state index >= 15 is 0 Å². The zero-order valence-corrected chi connectivity index (χ0v) is 15.9. The molecule has 2 atom stereocenters. The van der Waals surface area contributed by atoms with E-state index in [-0.39, 0.29) is 30.1 Å². The fourth-order valence-corrected chi connectivity index (χ4v) is 3.85. The molecule has 0 radical (unpaired) electrons. The van der Waals surface area contributed by atoms with Crippen molar-refractivity contribution in [3.63, 3.8) is 0 Å². The molecule has 2 aromatic rings. The Morgan fingerprint density at radius 1 is 1.19 bits per heavy atom. The number of aryl methyl sites for hydroxylation is 2. The highest BCUT2D eigenvalue weighted by Crippen LogP contribution is 2.12. The molecule has 3 rings (SSSR count). The van der Waals surface area contributed by atoms with Crippen molar-refractivity contribution < 1.29 is 14.7 Å². The summed E-state index contributed by atoms with van der Waals surface area (Å²) < 4.78 is 10.2. The van der Waals surface area contributed by atoms with Gasteiger partial charge in [0, 0.05) is 27.2 Å².